The quantitative estimate of drug-likeness (QED) is 0.922. The molecular formula is C15H19NO4S. The molecule has 0 amide bonds. The third kappa shape index (κ3) is 3.46. The van der Waals surface area contributed by atoms with Crippen molar-refractivity contribution in [2.24, 2.45) is 0 Å². The first-order valence-corrected chi connectivity index (χ1v) is 8.02. The average molecular weight is 309 g/mol. The Morgan fingerprint density at radius 2 is 1.76 bits per heavy atom. The molecule has 0 aliphatic rings. The summed E-state index contributed by atoms with van der Waals surface area (Å²) in [6.45, 7) is 5.44. The van der Waals surface area contributed by atoms with E-state index in [0.717, 1.165) is 5.76 Å². The van der Waals surface area contributed by atoms with Crippen LogP contribution in [-0.4, -0.2) is 15.5 Å². The highest BCUT2D eigenvalue weighted by molar-refractivity contribution is 7.89. The van der Waals surface area contributed by atoms with Gasteiger partial charge in [0.1, 0.15) is 17.3 Å². The van der Waals surface area contributed by atoms with Gasteiger partial charge in [-0.15, -0.1) is 0 Å². The zero-order valence-corrected chi connectivity index (χ0v) is 13.4. The molecule has 0 bridgehead atoms. The van der Waals surface area contributed by atoms with E-state index in [2.05, 4.69) is 4.72 Å². The Morgan fingerprint density at radius 3 is 2.24 bits per heavy atom. The van der Waals surface area contributed by atoms with Gasteiger partial charge >= 0.3 is 0 Å². The molecule has 0 radical (unpaired) electrons. The van der Waals surface area contributed by atoms with Crippen molar-refractivity contribution in [2.45, 2.75) is 32.2 Å². The molecule has 0 spiro atoms. The fourth-order valence-corrected chi connectivity index (χ4v) is 3.71. The Labute approximate surface area is 125 Å². The molecule has 0 atom stereocenters. The minimum atomic E-state index is -3.60. The van der Waals surface area contributed by atoms with E-state index in [1.165, 1.54) is 0 Å². The lowest BCUT2D eigenvalue weighted by Gasteiger charge is -2.13. The molecular weight excluding hydrogens is 290 g/mol. The molecule has 0 unspecified atom stereocenters. The van der Waals surface area contributed by atoms with Gasteiger partial charge in [0, 0.05) is 0 Å². The number of methoxy groups -OCH3 is 1. The number of furan rings is 1. The Bertz CT molecular complexity index is 724. The molecule has 0 saturated carbocycles. The summed E-state index contributed by atoms with van der Waals surface area (Å²) >= 11 is 0. The minimum Gasteiger partial charge on any atom is -0.497 e. The van der Waals surface area contributed by atoms with E-state index in [4.69, 9.17) is 9.15 Å². The maximum absolute atomic E-state index is 12.5. The minimum absolute atomic E-state index is 0.126. The molecule has 1 heterocycles. The van der Waals surface area contributed by atoms with E-state index in [1.54, 1.807) is 45.2 Å². The van der Waals surface area contributed by atoms with Gasteiger partial charge in [-0.2, -0.15) is 0 Å². The number of rotatable bonds is 5. The highest BCUT2D eigenvalue weighted by Gasteiger charge is 2.20. The smallest absolute Gasteiger partial charge is 0.241 e. The first-order chi connectivity index (χ1) is 9.83. The molecule has 1 N–H and O–H groups in total. The largest absolute Gasteiger partial charge is 0.497 e. The molecule has 0 aliphatic heterocycles. The second kappa shape index (κ2) is 5.91. The summed E-state index contributed by atoms with van der Waals surface area (Å²) in [5.74, 6) is 1.98. The van der Waals surface area contributed by atoms with Crippen molar-refractivity contribution >= 4 is 10.0 Å². The topological polar surface area (TPSA) is 68.5 Å². The molecule has 114 valence electrons. The van der Waals surface area contributed by atoms with Gasteiger partial charge in [0.15, 0.2) is 0 Å². The lowest BCUT2D eigenvalue weighted by molar-refractivity contribution is 0.413. The van der Waals surface area contributed by atoms with Gasteiger partial charge in [0.25, 0.3) is 0 Å². The summed E-state index contributed by atoms with van der Waals surface area (Å²) in [5.41, 5.74) is 1.30. The molecule has 1 aromatic carbocycles. The highest BCUT2D eigenvalue weighted by atomic mass is 32.2. The van der Waals surface area contributed by atoms with Crippen molar-refractivity contribution in [3.63, 3.8) is 0 Å². The molecule has 1 aromatic heterocycles. The van der Waals surface area contributed by atoms with Crippen LogP contribution >= 0.6 is 0 Å². The lowest BCUT2D eigenvalue weighted by atomic mass is 10.1. The van der Waals surface area contributed by atoms with Gasteiger partial charge in [-0.1, -0.05) is 0 Å². The first kappa shape index (κ1) is 15.6. The van der Waals surface area contributed by atoms with Crippen LogP contribution in [0, 0.1) is 20.8 Å². The second-order valence-corrected chi connectivity index (χ2v) is 6.63. The van der Waals surface area contributed by atoms with Gasteiger partial charge < -0.3 is 9.15 Å². The Morgan fingerprint density at radius 1 is 1.14 bits per heavy atom. The van der Waals surface area contributed by atoms with E-state index in [9.17, 15) is 8.42 Å². The van der Waals surface area contributed by atoms with Crippen LogP contribution < -0.4 is 9.46 Å². The van der Waals surface area contributed by atoms with Crippen LogP contribution in [0.2, 0.25) is 0 Å². The van der Waals surface area contributed by atoms with Crippen molar-refractivity contribution in [1.29, 1.82) is 0 Å². The molecule has 2 aromatic rings. The number of ether oxygens (including phenoxy) is 1. The molecule has 0 fully saturated rings. The number of hydrogen-bond acceptors (Lipinski definition) is 4. The zero-order valence-electron chi connectivity index (χ0n) is 12.6. The van der Waals surface area contributed by atoms with Gasteiger partial charge in [0.05, 0.1) is 18.6 Å². The summed E-state index contributed by atoms with van der Waals surface area (Å²) in [7, 11) is -2.05. The maximum Gasteiger partial charge on any atom is 0.241 e. The fourth-order valence-electron chi connectivity index (χ4n) is 2.27. The number of aryl methyl sites for hydroxylation is 3. The van der Waals surface area contributed by atoms with E-state index >= 15 is 0 Å². The third-order valence-corrected chi connectivity index (χ3v) is 4.88. The van der Waals surface area contributed by atoms with E-state index < -0.39 is 10.0 Å². The molecule has 6 heteroatoms. The highest BCUT2D eigenvalue weighted by Crippen LogP contribution is 2.25. The SMILES string of the molecule is COc1cc(C)c(S(=O)(=O)NCc2ccc(C)o2)c(C)c1. The van der Waals surface area contributed by atoms with Gasteiger partial charge in [-0.3, -0.25) is 0 Å². The van der Waals surface area contributed by atoms with E-state index in [1.807, 2.05) is 6.92 Å². The predicted octanol–water partition coefficient (Wildman–Crippen LogP) is 2.69. The number of nitrogens with one attached hydrogen (secondary N) is 1. The Hall–Kier alpha value is -1.79. The van der Waals surface area contributed by atoms with E-state index in [0.29, 0.717) is 22.6 Å². The van der Waals surface area contributed by atoms with Crippen molar-refractivity contribution in [1.82, 2.24) is 4.72 Å². The molecule has 21 heavy (non-hydrogen) atoms. The molecule has 2 rings (SSSR count). The normalized spacial score (nSPS) is 11.6. The van der Waals surface area contributed by atoms with E-state index in [-0.39, 0.29) is 11.4 Å². The molecule has 5 nitrogen and oxygen atoms in total. The monoisotopic (exact) mass is 309 g/mol. The summed E-state index contributed by atoms with van der Waals surface area (Å²) in [4.78, 5) is 0.284. The summed E-state index contributed by atoms with van der Waals surface area (Å²) in [6.07, 6.45) is 0. The average Bonchev–Trinajstić information content (AvgIpc) is 2.81. The van der Waals surface area contributed by atoms with Crippen LogP contribution in [0.1, 0.15) is 22.6 Å². The summed E-state index contributed by atoms with van der Waals surface area (Å²) < 4.78 is 38.0. The van der Waals surface area contributed by atoms with Crippen LogP contribution in [0.25, 0.3) is 0 Å². The van der Waals surface area contributed by atoms with Gasteiger partial charge in [0.2, 0.25) is 10.0 Å². The van der Waals surface area contributed by atoms with Gasteiger partial charge in [-0.05, 0) is 56.2 Å². The molecule has 0 saturated heterocycles. The molecule has 0 aliphatic carbocycles. The third-order valence-electron chi connectivity index (χ3n) is 3.17. The number of sulfonamides is 1. The van der Waals surface area contributed by atoms with Gasteiger partial charge in [-0.25, -0.2) is 13.1 Å². The first-order valence-electron chi connectivity index (χ1n) is 6.53. The van der Waals surface area contributed by atoms with Crippen LogP contribution in [0.4, 0.5) is 0 Å². The summed E-state index contributed by atoms with van der Waals surface area (Å²) in [5, 5.41) is 0. The van der Waals surface area contributed by atoms with Crippen molar-refractivity contribution in [3.8, 4) is 5.75 Å². The standard InChI is InChI=1S/C15H19NO4S/c1-10-7-14(19-4)8-11(2)15(10)21(17,18)16-9-13-6-5-12(3)20-13/h5-8,16H,9H2,1-4H3. The predicted molar refractivity (Wildman–Crippen MR) is 79.9 cm³/mol. The zero-order chi connectivity index (χ0) is 15.6. The number of hydrogen-bond donors (Lipinski definition) is 1. The Kier molecular flexibility index (Phi) is 4.39. The van der Waals surface area contributed by atoms with Crippen LogP contribution in [0.3, 0.4) is 0 Å². The van der Waals surface area contributed by atoms with Crippen LogP contribution in [0.15, 0.2) is 33.6 Å². The van der Waals surface area contributed by atoms with Crippen molar-refractivity contribution < 1.29 is 17.6 Å². The summed E-state index contributed by atoms with van der Waals surface area (Å²) in [6, 6.07) is 6.97. The maximum atomic E-state index is 12.5. The number of benzene rings is 1. The Balaban J connectivity index is 2.27. The van der Waals surface area contributed by atoms with Crippen molar-refractivity contribution in [2.75, 3.05) is 7.11 Å². The second-order valence-electron chi connectivity index (χ2n) is 4.93. The lowest BCUT2D eigenvalue weighted by Crippen LogP contribution is -2.24. The van der Waals surface area contributed by atoms with Crippen LogP contribution in [-0.2, 0) is 16.6 Å². The fraction of sp³-hybridized carbons (Fsp3) is 0.333. The van der Waals surface area contributed by atoms with Crippen LogP contribution in [0.5, 0.6) is 5.75 Å². The van der Waals surface area contributed by atoms with Crippen molar-refractivity contribution in [3.05, 3.63) is 46.9 Å².